The Kier molecular flexibility index (Phi) is 0.731. The Morgan fingerprint density at radius 1 is 2.00 bits per heavy atom. The monoisotopic (exact) mass is 108 g/mol. The van der Waals surface area contributed by atoms with Crippen molar-refractivity contribution < 1.29 is 0 Å². The molecule has 1 rings (SSSR count). The normalized spacial score (nSPS) is 32.5. The van der Waals surface area contributed by atoms with Crippen LogP contribution in [-0.2, 0) is 0 Å². The van der Waals surface area contributed by atoms with Gasteiger partial charge in [0.2, 0.25) is 0 Å². The third kappa shape index (κ3) is 0.688. The lowest BCUT2D eigenvalue weighted by molar-refractivity contribution is 2.37. The topological polar surface area (TPSA) is 0 Å². The number of hydrogen-bond acceptors (Lipinski definition) is 0. The molecular weight excluding hydrogens is 105 g/mol. The fourth-order valence-corrected chi connectivity index (χ4v) is 2.56. The molecule has 0 aromatic carbocycles. The molecule has 0 aliphatic carbocycles. The van der Waals surface area contributed by atoms with Crippen molar-refractivity contribution in [1.82, 2.24) is 0 Å². The fraction of sp³-hybridized carbons (Fsp3) is 1.00. The highest BCUT2D eigenvalue weighted by Crippen LogP contribution is 2.48. The van der Waals surface area contributed by atoms with Crippen LogP contribution in [0.5, 0.6) is 0 Å². The van der Waals surface area contributed by atoms with Crippen molar-refractivity contribution in [3.05, 3.63) is 0 Å². The van der Waals surface area contributed by atoms with E-state index < -0.39 is 0 Å². The average Bonchev–Trinajstić information content (AvgIpc) is 1.75. The summed E-state index contributed by atoms with van der Waals surface area (Å²) in [6.07, 6.45) is 0. The van der Waals surface area contributed by atoms with E-state index in [9.17, 15) is 0 Å². The van der Waals surface area contributed by atoms with Crippen LogP contribution in [0.3, 0.4) is 0 Å². The van der Waals surface area contributed by atoms with Crippen molar-refractivity contribution in [3.8, 4) is 0 Å². The van der Waals surface area contributed by atoms with Gasteiger partial charge in [-0.25, -0.2) is 0 Å². The quantitative estimate of drug-likeness (QED) is 0.418. The lowest BCUT2D eigenvalue weighted by Crippen LogP contribution is -1.02. The van der Waals surface area contributed by atoms with Gasteiger partial charge in [0.25, 0.3) is 0 Å². The zero-order valence-corrected chi connectivity index (χ0v) is 4.89. The van der Waals surface area contributed by atoms with Crippen molar-refractivity contribution in [2.45, 2.75) is 0 Å². The molecule has 0 N–H and O–H groups in total. The molecular formula is CH3P3. The molecule has 0 amide bonds. The Bertz CT molecular complexity index is 85.5. The van der Waals surface area contributed by atoms with E-state index in [1.165, 1.54) is 5.90 Å². The molecule has 0 aromatic rings. The summed E-state index contributed by atoms with van der Waals surface area (Å²) in [5, 5.41) is 0. The number of hydrogen-bond donors (Lipinski definition) is 0. The molecule has 0 spiro atoms. The first-order chi connectivity index (χ1) is 1.89. The van der Waals surface area contributed by atoms with Gasteiger partial charge in [0, 0.05) is 5.90 Å². The molecule has 0 bridgehead atoms. The van der Waals surface area contributed by atoms with E-state index in [0.717, 1.165) is 0 Å². The molecule has 0 saturated carbocycles. The van der Waals surface area contributed by atoms with Gasteiger partial charge in [0.15, 0.2) is 0 Å². The highest BCUT2D eigenvalue weighted by Gasteiger charge is 1.87. The molecule has 22 valence electrons. The van der Waals surface area contributed by atoms with Gasteiger partial charge in [-0.2, -0.15) is 0 Å². The predicted molar refractivity (Wildman–Crippen MR) is 27.0 cm³/mol. The summed E-state index contributed by atoms with van der Waals surface area (Å²) < 4.78 is 0. The molecule has 0 saturated heterocycles. The van der Waals surface area contributed by atoms with E-state index in [2.05, 4.69) is 8.53 Å². The summed E-state index contributed by atoms with van der Waals surface area (Å²) in [6, 6.07) is 0. The van der Waals surface area contributed by atoms with Gasteiger partial charge in [-0.15, -0.1) is 0 Å². The van der Waals surface area contributed by atoms with E-state index >= 15 is 0 Å². The summed E-state index contributed by atoms with van der Waals surface area (Å²) >= 11 is 0. The largest absolute Gasteiger partial charge is 0.0930 e. The maximum absolute atomic E-state index is 3.48. The third-order valence-corrected chi connectivity index (χ3v) is 5.09. The van der Waals surface area contributed by atoms with Crippen molar-refractivity contribution in [3.63, 3.8) is 0 Å². The molecule has 1 aliphatic heterocycles. The third-order valence-electron chi connectivity index (χ3n) is 0.283. The minimum Gasteiger partial charge on any atom is -0.0930 e. The van der Waals surface area contributed by atoms with E-state index in [-0.39, 0.29) is 0 Å². The second kappa shape index (κ2) is 0.942. The van der Waals surface area contributed by atoms with Crippen LogP contribution in [0.15, 0.2) is 0 Å². The lowest BCUT2D eigenvalue weighted by Gasteiger charge is -1.27. The van der Waals surface area contributed by atoms with Crippen LogP contribution in [-0.4, -0.2) is 5.90 Å². The van der Waals surface area contributed by atoms with Crippen LogP contribution in [0.1, 0.15) is 0 Å². The van der Waals surface area contributed by atoms with Crippen LogP contribution >= 0.6 is 22.9 Å². The van der Waals surface area contributed by atoms with Gasteiger partial charge in [0.1, 0.15) is 0 Å². The Balaban J connectivity index is 3.14. The van der Waals surface area contributed by atoms with Gasteiger partial charge in [0.05, 0.1) is 0 Å². The summed E-state index contributed by atoms with van der Waals surface area (Å²) in [6.45, 7) is 0.407. The highest BCUT2D eigenvalue weighted by molar-refractivity contribution is 8.21. The first-order valence-electron chi connectivity index (χ1n) is 1.06. The minimum atomic E-state index is 0.407. The smallest absolute Gasteiger partial charge is 0.0394 e. The Labute approximate surface area is 29.7 Å². The van der Waals surface area contributed by atoms with Crippen molar-refractivity contribution in [1.29, 1.82) is 0 Å². The summed E-state index contributed by atoms with van der Waals surface area (Å²) in [5.74, 6) is 1.44. The maximum Gasteiger partial charge on any atom is 0.0394 e. The van der Waals surface area contributed by atoms with Crippen LogP contribution < -0.4 is 0 Å². The second-order valence-electron chi connectivity index (χ2n) is 0.682. The Morgan fingerprint density at radius 3 is 2.25 bits per heavy atom. The zero-order valence-electron chi connectivity index (χ0n) is 2.10. The molecule has 1 unspecified atom stereocenters. The van der Waals surface area contributed by atoms with Crippen LogP contribution in [0.2, 0.25) is 0 Å². The summed E-state index contributed by atoms with van der Waals surface area (Å²) in [7, 11) is 5.12. The van der Waals surface area contributed by atoms with Gasteiger partial charge >= 0.3 is 0 Å². The molecule has 4 heavy (non-hydrogen) atoms. The van der Waals surface area contributed by atoms with Crippen LogP contribution in [0, 0.1) is 0 Å². The van der Waals surface area contributed by atoms with Crippen LogP contribution in [0.4, 0.5) is 0 Å². The Hall–Kier alpha value is 0.900. The predicted octanol–water partition coefficient (Wildman–Crippen LogP) is 2.36. The first kappa shape index (κ1) is 3.10. The maximum atomic E-state index is 3.48. The molecule has 0 nitrogen and oxygen atoms in total. The lowest BCUT2D eigenvalue weighted by atomic mass is 11.9. The van der Waals surface area contributed by atoms with E-state index in [1.807, 2.05) is 0 Å². The summed E-state index contributed by atoms with van der Waals surface area (Å²) in [5.41, 5.74) is 0. The molecule has 0 radical (unpaired) electrons. The minimum absolute atomic E-state index is 0.407. The van der Waals surface area contributed by atoms with Crippen molar-refractivity contribution >= 4 is 22.9 Å². The summed E-state index contributed by atoms with van der Waals surface area (Å²) in [4.78, 5) is 0. The second-order valence-corrected chi connectivity index (χ2v) is 7.94. The van der Waals surface area contributed by atoms with E-state index in [1.54, 1.807) is 7.87 Å². The Morgan fingerprint density at radius 2 is 2.25 bits per heavy atom. The van der Waals surface area contributed by atoms with Gasteiger partial charge in [-0.1, -0.05) is 22.9 Å². The zero-order chi connectivity index (χ0) is 2.99. The van der Waals surface area contributed by atoms with Crippen LogP contribution in [0.25, 0.3) is 0 Å². The first-order valence-corrected chi connectivity index (χ1v) is 5.71. The average molecular weight is 108 g/mol. The van der Waals surface area contributed by atoms with Gasteiger partial charge < -0.3 is 0 Å². The highest BCUT2D eigenvalue weighted by atomic mass is 32.0. The van der Waals surface area contributed by atoms with Gasteiger partial charge in [-0.3, -0.25) is 0 Å². The fourth-order valence-electron chi connectivity index (χ4n) is 0.0316. The molecule has 0 aromatic heterocycles. The molecule has 3 heteroatoms. The molecule has 1 heterocycles. The SMILES string of the molecule is P=P1=PC1. The molecule has 1 atom stereocenters. The van der Waals surface area contributed by atoms with E-state index in [4.69, 9.17) is 0 Å². The van der Waals surface area contributed by atoms with Crippen molar-refractivity contribution in [2.24, 2.45) is 0 Å². The van der Waals surface area contributed by atoms with Gasteiger partial charge in [-0.05, 0) is 0 Å². The van der Waals surface area contributed by atoms with E-state index in [0.29, 0.717) is 6.50 Å². The molecule has 0 fully saturated rings. The molecule has 1 aliphatic rings. The standard InChI is InChI=1S/CH3P3/c2-4-1-3-4/h2H,1H2. The van der Waals surface area contributed by atoms with Crippen molar-refractivity contribution in [2.75, 3.05) is 5.90 Å². The number of rotatable bonds is 0.